The van der Waals surface area contributed by atoms with E-state index in [9.17, 15) is 10.1 Å². The maximum Gasteiger partial charge on any atom is 0.243 e. The number of methoxy groups -OCH3 is 1. The first-order valence-electron chi connectivity index (χ1n) is 5.22. The van der Waals surface area contributed by atoms with E-state index >= 15 is 0 Å². The summed E-state index contributed by atoms with van der Waals surface area (Å²) >= 11 is 0. The minimum absolute atomic E-state index is 0.0659. The molecule has 0 aliphatic carbocycles. The molecule has 0 heterocycles. The van der Waals surface area contributed by atoms with Crippen LogP contribution in [-0.4, -0.2) is 18.6 Å². The van der Waals surface area contributed by atoms with E-state index in [-0.39, 0.29) is 5.70 Å². The summed E-state index contributed by atoms with van der Waals surface area (Å²) in [4.78, 5) is 10.1. The number of ether oxygens (including phenoxy) is 2. The van der Waals surface area contributed by atoms with E-state index in [1.54, 1.807) is 25.3 Å². The van der Waals surface area contributed by atoms with E-state index in [1.807, 2.05) is 6.92 Å². The summed E-state index contributed by atoms with van der Waals surface area (Å²) in [6.07, 6.45) is 1.48. The molecule has 5 heteroatoms. The second-order valence-corrected chi connectivity index (χ2v) is 3.38. The Morgan fingerprint density at radius 1 is 1.53 bits per heavy atom. The van der Waals surface area contributed by atoms with Gasteiger partial charge in [-0.05, 0) is 19.1 Å². The van der Waals surface area contributed by atoms with Crippen LogP contribution in [-0.2, 0) is 0 Å². The number of nitrogens with zero attached hydrogens (tertiary/aromatic N) is 1. The van der Waals surface area contributed by atoms with Crippen LogP contribution in [0.2, 0.25) is 0 Å². The van der Waals surface area contributed by atoms with Gasteiger partial charge in [0.25, 0.3) is 0 Å². The van der Waals surface area contributed by atoms with Crippen LogP contribution in [0.1, 0.15) is 19.4 Å². The Hall–Kier alpha value is -2.04. The molecule has 0 unspecified atom stereocenters. The number of benzene rings is 1. The highest BCUT2D eigenvalue weighted by molar-refractivity contribution is 5.60. The van der Waals surface area contributed by atoms with Crippen molar-refractivity contribution < 1.29 is 14.4 Å². The molecule has 0 N–H and O–H groups in total. The lowest BCUT2D eigenvalue weighted by Gasteiger charge is -2.09. The largest absolute Gasteiger partial charge is 0.497 e. The fourth-order valence-corrected chi connectivity index (χ4v) is 1.32. The minimum atomic E-state index is -0.431. The van der Waals surface area contributed by atoms with Gasteiger partial charge < -0.3 is 9.47 Å². The molecule has 17 heavy (non-hydrogen) atoms. The average molecular weight is 237 g/mol. The Bertz CT molecular complexity index is 440. The zero-order chi connectivity index (χ0) is 12.8. The van der Waals surface area contributed by atoms with Crippen molar-refractivity contribution in [2.75, 3.05) is 13.7 Å². The molecule has 1 aromatic rings. The number of hydrogen-bond donors (Lipinski definition) is 0. The van der Waals surface area contributed by atoms with Gasteiger partial charge >= 0.3 is 0 Å². The van der Waals surface area contributed by atoms with Crippen LogP contribution in [0, 0.1) is 10.1 Å². The predicted octanol–water partition coefficient (Wildman–Crippen LogP) is 2.73. The van der Waals surface area contributed by atoms with Crippen molar-refractivity contribution in [1.29, 1.82) is 0 Å². The van der Waals surface area contributed by atoms with Crippen molar-refractivity contribution in [3.63, 3.8) is 0 Å². The van der Waals surface area contributed by atoms with Gasteiger partial charge in [-0.3, -0.25) is 10.1 Å². The molecule has 0 fully saturated rings. The van der Waals surface area contributed by atoms with Gasteiger partial charge in [-0.1, -0.05) is 0 Å². The van der Waals surface area contributed by atoms with Crippen LogP contribution >= 0.6 is 0 Å². The molecule has 0 bridgehead atoms. The van der Waals surface area contributed by atoms with E-state index in [2.05, 4.69) is 0 Å². The second kappa shape index (κ2) is 5.89. The number of nitro groups is 1. The number of rotatable bonds is 5. The predicted molar refractivity (Wildman–Crippen MR) is 64.8 cm³/mol. The van der Waals surface area contributed by atoms with Crippen LogP contribution in [0.25, 0.3) is 6.08 Å². The Kier molecular flexibility index (Phi) is 4.51. The monoisotopic (exact) mass is 237 g/mol. The van der Waals surface area contributed by atoms with E-state index < -0.39 is 4.92 Å². The fourth-order valence-electron chi connectivity index (χ4n) is 1.32. The van der Waals surface area contributed by atoms with Gasteiger partial charge in [-0.25, -0.2) is 0 Å². The van der Waals surface area contributed by atoms with Crippen LogP contribution in [0.4, 0.5) is 0 Å². The Balaban J connectivity index is 3.14. The molecule has 0 radical (unpaired) electrons. The van der Waals surface area contributed by atoms with Gasteiger partial charge in [-0.15, -0.1) is 0 Å². The fraction of sp³-hybridized carbons (Fsp3) is 0.333. The van der Waals surface area contributed by atoms with Crippen molar-refractivity contribution >= 4 is 6.08 Å². The summed E-state index contributed by atoms with van der Waals surface area (Å²) in [7, 11) is 1.56. The zero-order valence-corrected chi connectivity index (χ0v) is 10.1. The van der Waals surface area contributed by atoms with Crippen molar-refractivity contribution in [2.45, 2.75) is 13.8 Å². The summed E-state index contributed by atoms with van der Waals surface area (Å²) in [5, 5.41) is 10.6. The van der Waals surface area contributed by atoms with Crippen molar-refractivity contribution in [3.05, 3.63) is 39.6 Å². The molecular formula is C12H15NO4. The zero-order valence-electron chi connectivity index (χ0n) is 10.1. The van der Waals surface area contributed by atoms with E-state index in [1.165, 1.54) is 13.0 Å². The van der Waals surface area contributed by atoms with Gasteiger partial charge in [0.15, 0.2) is 0 Å². The lowest BCUT2D eigenvalue weighted by Crippen LogP contribution is -1.97. The molecule has 5 nitrogen and oxygen atoms in total. The molecule has 92 valence electrons. The summed E-state index contributed by atoms with van der Waals surface area (Å²) in [6, 6.07) is 5.18. The quantitative estimate of drug-likeness (QED) is 0.583. The maximum atomic E-state index is 10.6. The molecule has 1 aromatic carbocycles. The summed E-state index contributed by atoms with van der Waals surface area (Å²) in [5.41, 5.74) is 0.734. The molecule has 0 spiro atoms. The minimum Gasteiger partial charge on any atom is -0.497 e. The van der Waals surface area contributed by atoms with Crippen LogP contribution < -0.4 is 9.47 Å². The van der Waals surface area contributed by atoms with Gasteiger partial charge in [0.05, 0.1) is 18.6 Å². The second-order valence-electron chi connectivity index (χ2n) is 3.38. The maximum absolute atomic E-state index is 10.6. The Morgan fingerprint density at radius 3 is 2.76 bits per heavy atom. The van der Waals surface area contributed by atoms with Crippen LogP contribution in [0.5, 0.6) is 11.5 Å². The molecule has 0 aliphatic rings. The normalized spacial score (nSPS) is 11.1. The SMILES string of the molecule is CCOc1cc(OC)ccc1/C=C(\C)[N+](=O)[O-]. The van der Waals surface area contributed by atoms with Gasteiger partial charge in [0, 0.05) is 24.6 Å². The molecular weight excluding hydrogens is 222 g/mol. The van der Waals surface area contributed by atoms with Crippen molar-refractivity contribution in [1.82, 2.24) is 0 Å². The number of allylic oxidation sites excluding steroid dienone is 1. The highest BCUT2D eigenvalue weighted by Gasteiger charge is 2.08. The number of hydrogen-bond acceptors (Lipinski definition) is 4. The Labute approximate surface area is 99.8 Å². The van der Waals surface area contributed by atoms with Crippen LogP contribution in [0.3, 0.4) is 0 Å². The molecule has 0 saturated heterocycles. The standard InChI is InChI=1S/C12H15NO4/c1-4-17-12-8-11(16-3)6-5-10(12)7-9(2)13(14)15/h5-8H,4H2,1-3H3/b9-7+. The van der Waals surface area contributed by atoms with Gasteiger partial charge in [0.1, 0.15) is 11.5 Å². The highest BCUT2D eigenvalue weighted by atomic mass is 16.6. The van der Waals surface area contributed by atoms with Gasteiger partial charge in [-0.2, -0.15) is 0 Å². The molecule has 0 saturated carbocycles. The lowest BCUT2D eigenvalue weighted by molar-refractivity contribution is -0.422. The molecule has 0 aromatic heterocycles. The first-order valence-corrected chi connectivity index (χ1v) is 5.22. The first-order chi connectivity index (χ1) is 8.08. The third-order valence-corrected chi connectivity index (χ3v) is 2.17. The van der Waals surface area contributed by atoms with Gasteiger partial charge in [0.2, 0.25) is 5.70 Å². The third kappa shape index (κ3) is 3.48. The van der Waals surface area contributed by atoms with E-state index in [0.29, 0.717) is 23.7 Å². The smallest absolute Gasteiger partial charge is 0.243 e. The summed E-state index contributed by atoms with van der Waals surface area (Å²) in [5.74, 6) is 1.23. The van der Waals surface area contributed by atoms with Crippen LogP contribution in [0.15, 0.2) is 23.9 Å². The highest BCUT2D eigenvalue weighted by Crippen LogP contribution is 2.26. The third-order valence-electron chi connectivity index (χ3n) is 2.17. The lowest BCUT2D eigenvalue weighted by atomic mass is 10.1. The molecule has 0 aliphatic heterocycles. The van der Waals surface area contributed by atoms with Crippen molar-refractivity contribution in [3.8, 4) is 11.5 Å². The van der Waals surface area contributed by atoms with Crippen molar-refractivity contribution in [2.24, 2.45) is 0 Å². The Morgan fingerprint density at radius 2 is 2.24 bits per heavy atom. The summed E-state index contributed by atoms with van der Waals surface area (Å²) < 4.78 is 10.5. The van der Waals surface area contributed by atoms with E-state index in [0.717, 1.165) is 0 Å². The molecule has 0 amide bonds. The first kappa shape index (κ1) is 13.0. The summed E-state index contributed by atoms with van der Waals surface area (Å²) in [6.45, 7) is 3.79. The molecule has 0 atom stereocenters. The van der Waals surface area contributed by atoms with E-state index in [4.69, 9.17) is 9.47 Å². The topological polar surface area (TPSA) is 61.6 Å². The average Bonchev–Trinajstić information content (AvgIpc) is 2.31. The molecule has 1 rings (SSSR count).